The molecule has 0 aliphatic carbocycles. The van der Waals surface area contributed by atoms with E-state index in [1.165, 1.54) is 0 Å². The summed E-state index contributed by atoms with van der Waals surface area (Å²) < 4.78 is 13.0. The highest BCUT2D eigenvalue weighted by atomic mass is 32.1. The lowest BCUT2D eigenvalue weighted by Gasteiger charge is -2.51. The Bertz CT molecular complexity index is 1180. The second kappa shape index (κ2) is 8.65. The molecule has 0 radical (unpaired) electrons. The van der Waals surface area contributed by atoms with Crippen LogP contribution in [0, 0.1) is 5.92 Å². The summed E-state index contributed by atoms with van der Waals surface area (Å²) in [5.74, 6) is 1.45. The molecule has 2 bridgehead atoms. The fraction of sp³-hybridized carbons (Fsp3) is 0.333. The lowest BCUT2D eigenvalue weighted by molar-refractivity contribution is -0.959. The molecule has 3 aliphatic rings. The average Bonchev–Trinajstić information content (AvgIpc) is 3.58. The van der Waals surface area contributed by atoms with Crippen LogP contribution in [0.15, 0.2) is 82.7 Å². The van der Waals surface area contributed by atoms with Gasteiger partial charge in [0.05, 0.1) is 13.1 Å². The maximum Gasteiger partial charge on any atom is 0.282 e. The maximum atomic E-state index is 12.0. The van der Waals surface area contributed by atoms with Gasteiger partial charge < -0.3 is 18.8 Å². The number of nitrogens with zero attached hydrogens (tertiary/aromatic N) is 3. The fourth-order valence-corrected chi connectivity index (χ4v) is 6.22. The molecule has 0 spiro atoms. The molecule has 1 N–H and O–H groups in total. The summed E-state index contributed by atoms with van der Waals surface area (Å²) in [6, 6.07) is 23.2. The zero-order valence-electron chi connectivity index (χ0n) is 18.9. The molecule has 5 heterocycles. The largest absolute Gasteiger partial charge is 0.475 e. The third kappa shape index (κ3) is 3.83. The number of hydrogen-bond donors (Lipinski definition) is 1. The van der Waals surface area contributed by atoms with Crippen molar-refractivity contribution in [3.05, 3.63) is 101 Å². The number of aromatic nitrogens is 2. The van der Waals surface area contributed by atoms with Gasteiger partial charge in [0.15, 0.2) is 23.3 Å². The van der Waals surface area contributed by atoms with Crippen LogP contribution in [-0.2, 0) is 12.1 Å². The predicted molar refractivity (Wildman–Crippen MR) is 129 cm³/mol. The van der Waals surface area contributed by atoms with Crippen molar-refractivity contribution in [3.63, 3.8) is 0 Å². The molecule has 0 amide bonds. The zero-order valence-corrected chi connectivity index (χ0v) is 19.7. The molecular weight excluding hydrogens is 446 g/mol. The second-order valence-corrected chi connectivity index (χ2v) is 10.4. The first-order chi connectivity index (χ1) is 16.6. The van der Waals surface area contributed by atoms with E-state index >= 15 is 0 Å². The SMILES string of the molecule is OC(c1ccccc1)(c1ccccc1)c1noc(C[N+]23CCC(CC2)[C@@H](Oc2cccs2)C3)n1. The minimum Gasteiger partial charge on any atom is -0.475 e. The smallest absolute Gasteiger partial charge is 0.282 e. The molecule has 3 aliphatic heterocycles. The van der Waals surface area contributed by atoms with Gasteiger partial charge in [-0.15, -0.1) is 11.3 Å². The molecule has 2 aromatic heterocycles. The Morgan fingerprint density at radius 3 is 2.26 bits per heavy atom. The molecule has 1 atom stereocenters. The van der Waals surface area contributed by atoms with E-state index < -0.39 is 5.60 Å². The van der Waals surface area contributed by atoms with Crippen molar-refractivity contribution in [2.75, 3.05) is 19.6 Å². The quantitative estimate of drug-likeness (QED) is 0.397. The number of ether oxygens (including phenoxy) is 1. The van der Waals surface area contributed by atoms with Gasteiger partial charge in [-0.3, -0.25) is 0 Å². The Kier molecular flexibility index (Phi) is 5.48. The summed E-state index contributed by atoms with van der Waals surface area (Å²) in [5.41, 5.74) is -0.0585. The van der Waals surface area contributed by atoms with Crippen LogP contribution in [0.2, 0.25) is 0 Å². The molecule has 7 heteroatoms. The maximum absolute atomic E-state index is 12.0. The van der Waals surface area contributed by atoms with Crippen LogP contribution in [-0.4, -0.2) is 45.5 Å². The Hall–Kier alpha value is -3.00. The van der Waals surface area contributed by atoms with Gasteiger partial charge in [0.1, 0.15) is 6.54 Å². The number of hydrogen-bond acceptors (Lipinski definition) is 6. The minimum absolute atomic E-state index is 0.217. The fourth-order valence-electron chi connectivity index (χ4n) is 5.59. The van der Waals surface area contributed by atoms with Crippen LogP contribution in [0.1, 0.15) is 35.7 Å². The van der Waals surface area contributed by atoms with Gasteiger partial charge in [0, 0.05) is 18.8 Å². The van der Waals surface area contributed by atoms with Crippen molar-refractivity contribution in [2.45, 2.75) is 31.1 Å². The topological polar surface area (TPSA) is 68.4 Å². The van der Waals surface area contributed by atoms with Gasteiger partial charge in [0.2, 0.25) is 5.82 Å². The van der Waals surface area contributed by atoms with Gasteiger partial charge in [-0.25, -0.2) is 0 Å². The van der Waals surface area contributed by atoms with Gasteiger partial charge in [0.25, 0.3) is 5.89 Å². The summed E-state index contributed by atoms with van der Waals surface area (Å²) in [7, 11) is 0. The summed E-state index contributed by atoms with van der Waals surface area (Å²) >= 11 is 1.65. The molecule has 174 valence electrons. The van der Waals surface area contributed by atoms with Crippen molar-refractivity contribution in [1.29, 1.82) is 0 Å². The number of rotatable bonds is 7. The molecular formula is C27H28N3O3S+. The van der Waals surface area contributed by atoms with E-state index in [-0.39, 0.29) is 11.9 Å². The highest BCUT2D eigenvalue weighted by Crippen LogP contribution is 2.39. The van der Waals surface area contributed by atoms with Crippen LogP contribution < -0.4 is 4.74 Å². The number of quaternary nitrogens is 1. The summed E-state index contributed by atoms with van der Waals surface area (Å²) in [5, 5.41) is 19.3. The van der Waals surface area contributed by atoms with E-state index in [1.54, 1.807) is 11.3 Å². The summed E-state index contributed by atoms with van der Waals surface area (Å²) in [4.78, 5) is 4.76. The average molecular weight is 475 g/mol. The number of benzene rings is 2. The van der Waals surface area contributed by atoms with Crippen molar-refractivity contribution < 1.29 is 18.8 Å². The monoisotopic (exact) mass is 474 g/mol. The van der Waals surface area contributed by atoms with E-state index in [0.29, 0.717) is 29.5 Å². The highest BCUT2D eigenvalue weighted by Gasteiger charge is 2.48. The molecule has 34 heavy (non-hydrogen) atoms. The van der Waals surface area contributed by atoms with E-state index in [2.05, 4.69) is 10.5 Å². The van der Waals surface area contributed by atoms with Crippen LogP contribution >= 0.6 is 11.3 Å². The molecule has 6 nitrogen and oxygen atoms in total. The van der Waals surface area contributed by atoms with Crippen molar-refractivity contribution in [2.24, 2.45) is 5.92 Å². The summed E-state index contributed by atoms with van der Waals surface area (Å²) in [6.45, 7) is 3.79. The van der Waals surface area contributed by atoms with Gasteiger partial charge in [-0.05, 0) is 28.6 Å². The molecule has 0 saturated carbocycles. The third-order valence-electron chi connectivity index (χ3n) is 7.45. The van der Waals surface area contributed by atoms with Crippen LogP contribution in [0.4, 0.5) is 0 Å². The lowest BCUT2D eigenvalue weighted by Crippen LogP contribution is -2.64. The number of aliphatic hydroxyl groups is 1. The van der Waals surface area contributed by atoms with E-state index in [0.717, 1.165) is 42.0 Å². The second-order valence-electron chi connectivity index (χ2n) is 9.51. The normalized spacial score (nSPS) is 24.3. The molecule has 3 saturated heterocycles. The molecule has 4 aromatic rings. The first-order valence-corrected chi connectivity index (χ1v) is 12.7. The molecule has 7 rings (SSSR count). The van der Waals surface area contributed by atoms with Gasteiger partial charge in [-0.2, -0.15) is 4.98 Å². The number of thiophene rings is 1. The van der Waals surface area contributed by atoms with Crippen LogP contribution in [0.3, 0.4) is 0 Å². The van der Waals surface area contributed by atoms with E-state index in [1.807, 2.05) is 72.8 Å². The van der Waals surface area contributed by atoms with Crippen LogP contribution in [0.5, 0.6) is 5.06 Å². The van der Waals surface area contributed by atoms with Gasteiger partial charge in [-0.1, -0.05) is 65.8 Å². The Morgan fingerprint density at radius 1 is 0.971 bits per heavy atom. The highest BCUT2D eigenvalue weighted by molar-refractivity contribution is 7.11. The molecule has 0 unspecified atom stereocenters. The van der Waals surface area contributed by atoms with Crippen molar-refractivity contribution in [3.8, 4) is 5.06 Å². The van der Waals surface area contributed by atoms with E-state index in [4.69, 9.17) is 14.2 Å². The van der Waals surface area contributed by atoms with Crippen molar-refractivity contribution >= 4 is 11.3 Å². The number of fused-ring (bicyclic) bond motifs is 3. The standard InChI is InChI=1S/C27H28N3O3S/c31-27(21-8-3-1-4-9-21,22-10-5-2-6-11-22)26-28-24(33-29-26)19-30-15-13-20(14-16-30)23(18-30)32-25-12-7-17-34-25/h1-12,17,20,23,31H,13-16,18-19H2/q+1/t20?,23-,30?/m0/s1. The Morgan fingerprint density at radius 2 is 1.65 bits per heavy atom. The van der Waals surface area contributed by atoms with Gasteiger partial charge >= 0.3 is 0 Å². The van der Waals surface area contributed by atoms with Crippen molar-refractivity contribution in [1.82, 2.24) is 10.1 Å². The predicted octanol–water partition coefficient (Wildman–Crippen LogP) is 4.60. The first kappa shape index (κ1) is 21.5. The summed E-state index contributed by atoms with van der Waals surface area (Å²) in [6.07, 6.45) is 2.51. The minimum atomic E-state index is -1.48. The number of piperidine rings is 3. The Balaban J connectivity index is 1.28. The third-order valence-corrected chi connectivity index (χ3v) is 8.21. The van der Waals surface area contributed by atoms with Crippen LogP contribution in [0.25, 0.3) is 0 Å². The lowest BCUT2D eigenvalue weighted by atomic mass is 9.83. The first-order valence-electron chi connectivity index (χ1n) is 11.9. The molecule has 2 aromatic carbocycles. The zero-order chi connectivity index (χ0) is 23.0. The van der Waals surface area contributed by atoms with E-state index in [9.17, 15) is 5.11 Å². The Labute approximate surface area is 203 Å². The molecule has 3 fully saturated rings.